The van der Waals surface area contributed by atoms with E-state index in [0.717, 1.165) is 5.39 Å². The molecule has 21 heavy (non-hydrogen) atoms. The quantitative estimate of drug-likeness (QED) is 0.915. The number of fused-ring (bicyclic) bond motifs is 1. The Bertz CT molecular complexity index is 677. The fourth-order valence-electron chi connectivity index (χ4n) is 2.45. The van der Waals surface area contributed by atoms with Crippen molar-refractivity contribution in [1.82, 2.24) is 9.88 Å². The monoisotopic (exact) mass is 290 g/mol. The van der Waals surface area contributed by atoms with Crippen molar-refractivity contribution in [2.24, 2.45) is 0 Å². The predicted octanol–water partition coefficient (Wildman–Crippen LogP) is 1.75. The van der Waals surface area contributed by atoms with Crippen LogP contribution in [0.25, 0.3) is 10.8 Å². The number of aromatic nitrogens is 1. The third-order valence-electron chi connectivity index (χ3n) is 3.57. The Hall–Kier alpha value is -2.21. The maximum Gasteiger partial charge on any atom is 0.276 e. The first kappa shape index (κ1) is 13.8. The highest BCUT2D eigenvalue weighted by Crippen LogP contribution is 2.27. The van der Waals surface area contributed by atoms with Crippen molar-refractivity contribution in [3.8, 4) is 5.75 Å². The summed E-state index contributed by atoms with van der Waals surface area (Å²) < 4.78 is 17.9. The Morgan fingerprint density at radius 2 is 2.29 bits per heavy atom. The first-order valence-electron chi connectivity index (χ1n) is 6.74. The van der Waals surface area contributed by atoms with Crippen molar-refractivity contribution in [2.45, 2.75) is 6.10 Å². The maximum atomic E-state index is 12.7. The second-order valence-corrected chi connectivity index (χ2v) is 4.94. The van der Waals surface area contributed by atoms with E-state index in [0.29, 0.717) is 11.9 Å². The van der Waals surface area contributed by atoms with Crippen LogP contribution in [0.3, 0.4) is 0 Å². The molecule has 1 aromatic carbocycles. The minimum absolute atomic E-state index is 0.00629. The average Bonchev–Trinajstić information content (AvgIpc) is 2.55. The molecule has 0 aliphatic carbocycles. The van der Waals surface area contributed by atoms with Crippen molar-refractivity contribution in [3.05, 3.63) is 36.2 Å². The van der Waals surface area contributed by atoms with E-state index in [1.807, 2.05) is 12.1 Å². The summed E-state index contributed by atoms with van der Waals surface area (Å²) in [5, 5.41) is 11.6. The van der Waals surface area contributed by atoms with E-state index in [2.05, 4.69) is 4.98 Å². The van der Waals surface area contributed by atoms with Gasteiger partial charge >= 0.3 is 0 Å². The number of alkyl halides is 1. The molecule has 1 atom stereocenters. The zero-order valence-electron chi connectivity index (χ0n) is 11.3. The van der Waals surface area contributed by atoms with Gasteiger partial charge in [0.15, 0.2) is 11.4 Å². The summed E-state index contributed by atoms with van der Waals surface area (Å²) in [6, 6.07) is 7.15. The van der Waals surface area contributed by atoms with Crippen molar-refractivity contribution in [2.75, 3.05) is 26.4 Å². The summed E-state index contributed by atoms with van der Waals surface area (Å²) >= 11 is 0. The highest BCUT2D eigenvalue weighted by atomic mass is 19.1. The molecule has 1 aliphatic rings. The molecule has 1 saturated heterocycles. The van der Waals surface area contributed by atoms with E-state index in [4.69, 9.17) is 4.74 Å². The SMILES string of the molecule is O=C(c1ncc2ccccc2c1O)N1CCO[C@@H](CF)C1. The van der Waals surface area contributed by atoms with Gasteiger partial charge in [0.2, 0.25) is 0 Å². The van der Waals surface area contributed by atoms with Gasteiger partial charge in [-0.3, -0.25) is 4.79 Å². The number of carbonyl (C=O) groups excluding carboxylic acids is 1. The van der Waals surface area contributed by atoms with Crippen molar-refractivity contribution in [3.63, 3.8) is 0 Å². The molecule has 0 radical (unpaired) electrons. The molecule has 110 valence electrons. The lowest BCUT2D eigenvalue weighted by Gasteiger charge is -2.31. The number of hydrogen-bond acceptors (Lipinski definition) is 4. The van der Waals surface area contributed by atoms with Crippen LogP contribution in [0, 0.1) is 0 Å². The molecule has 0 bridgehead atoms. The normalized spacial score (nSPS) is 18.9. The van der Waals surface area contributed by atoms with E-state index in [1.54, 1.807) is 18.3 Å². The smallest absolute Gasteiger partial charge is 0.276 e. The molecule has 3 rings (SSSR count). The lowest BCUT2D eigenvalue weighted by atomic mass is 10.1. The fraction of sp³-hybridized carbons (Fsp3) is 0.333. The van der Waals surface area contributed by atoms with Crippen LogP contribution in [0.15, 0.2) is 30.5 Å². The number of rotatable bonds is 2. The molecule has 0 unspecified atom stereocenters. The van der Waals surface area contributed by atoms with Crippen LogP contribution < -0.4 is 0 Å². The molecule has 0 spiro atoms. The van der Waals surface area contributed by atoms with E-state index in [1.165, 1.54) is 4.90 Å². The van der Waals surface area contributed by atoms with Crippen molar-refractivity contribution in [1.29, 1.82) is 0 Å². The standard InChI is InChI=1S/C15H15FN2O3/c16-7-11-9-18(5-6-21-11)15(20)13-14(19)12-4-2-1-3-10(12)8-17-13/h1-4,8,11,19H,5-7,9H2/t11-/m0/s1. The van der Waals surface area contributed by atoms with Gasteiger partial charge < -0.3 is 14.7 Å². The number of morpholine rings is 1. The van der Waals surface area contributed by atoms with Crippen LogP contribution in [0.4, 0.5) is 4.39 Å². The summed E-state index contributed by atoms with van der Waals surface area (Å²) in [7, 11) is 0. The third-order valence-corrected chi connectivity index (χ3v) is 3.57. The van der Waals surface area contributed by atoms with Gasteiger partial charge in [0, 0.05) is 30.1 Å². The van der Waals surface area contributed by atoms with Gasteiger partial charge in [0.25, 0.3) is 5.91 Å². The van der Waals surface area contributed by atoms with Crippen LogP contribution in [0.2, 0.25) is 0 Å². The molecular weight excluding hydrogens is 275 g/mol. The number of nitrogens with zero attached hydrogens (tertiary/aromatic N) is 2. The minimum atomic E-state index is -0.638. The maximum absolute atomic E-state index is 12.7. The average molecular weight is 290 g/mol. The second kappa shape index (κ2) is 5.65. The topological polar surface area (TPSA) is 62.7 Å². The molecule has 0 saturated carbocycles. The molecular formula is C15H15FN2O3. The number of benzene rings is 1. The highest BCUT2D eigenvalue weighted by molar-refractivity contribution is 6.01. The number of hydrogen-bond donors (Lipinski definition) is 1. The van der Waals surface area contributed by atoms with Crippen LogP contribution in [0.1, 0.15) is 10.5 Å². The third kappa shape index (κ3) is 2.54. The van der Waals surface area contributed by atoms with Crippen LogP contribution in [-0.4, -0.2) is 53.4 Å². The number of halogens is 1. The van der Waals surface area contributed by atoms with Gasteiger partial charge in [-0.25, -0.2) is 9.37 Å². The zero-order chi connectivity index (χ0) is 14.8. The molecule has 6 heteroatoms. The lowest BCUT2D eigenvalue weighted by molar-refractivity contribution is -0.0312. The molecule has 1 N–H and O–H groups in total. The van der Waals surface area contributed by atoms with Gasteiger partial charge in [-0.2, -0.15) is 0 Å². The van der Waals surface area contributed by atoms with Gasteiger partial charge in [-0.05, 0) is 0 Å². The summed E-state index contributed by atoms with van der Waals surface area (Å²) in [6.07, 6.45) is 0.945. The highest BCUT2D eigenvalue weighted by Gasteiger charge is 2.27. The number of aromatic hydroxyl groups is 1. The molecule has 1 amide bonds. The Morgan fingerprint density at radius 3 is 3.10 bits per heavy atom. The second-order valence-electron chi connectivity index (χ2n) is 4.94. The van der Waals surface area contributed by atoms with E-state index < -0.39 is 18.7 Å². The Balaban J connectivity index is 1.92. The van der Waals surface area contributed by atoms with Crippen LogP contribution in [0.5, 0.6) is 5.75 Å². The van der Waals surface area contributed by atoms with Crippen LogP contribution in [-0.2, 0) is 4.74 Å². The Morgan fingerprint density at radius 1 is 1.48 bits per heavy atom. The van der Waals surface area contributed by atoms with E-state index >= 15 is 0 Å². The van der Waals surface area contributed by atoms with E-state index in [-0.39, 0.29) is 24.6 Å². The first-order chi connectivity index (χ1) is 10.2. The molecule has 2 heterocycles. The summed E-state index contributed by atoms with van der Waals surface area (Å²) in [4.78, 5) is 18.0. The number of carbonyl (C=O) groups is 1. The first-order valence-corrected chi connectivity index (χ1v) is 6.74. The Labute approximate surface area is 121 Å². The summed E-state index contributed by atoms with van der Waals surface area (Å²) in [6.45, 7) is 0.183. The molecule has 1 fully saturated rings. The largest absolute Gasteiger partial charge is 0.505 e. The van der Waals surface area contributed by atoms with Gasteiger partial charge in [-0.1, -0.05) is 24.3 Å². The van der Waals surface area contributed by atoms with Crippen LogP contribution >= 0.6 is 0 Å². The van der Waals surface area contributed by atoms with Gasteiger partial charge in [0.05, 0.1) is 6.61 Å². The molecule has 1 aliphatic heterocycles. The van der Waals surface area contributed by atoms with Gasteiger partial charge in [0.1, 0.15) is 12.8 Å². The van der Waals surface area contributed by atoms with E-state index in [9.17, 15) is 14.3 Å². The van der Waals surface area contributed by atoms with Crippen molar-refractivity contribution >= 4 is 16.7 Å². The number of ether oxygens (including phenoxy) is 1. The minimum Gasteiger partial charge on any atom is -0.505 e. The number of amides is 1. The predicted molar refractivity (Wildman–Crippen MR) is 75.0 cm³/mol. The lowest BCUT2D eigenvalue weighted by Crippen LogP contribution is -2.46. The molecule has 1 aromatic heterocycles. The fourth-order valence-corrected chi connectivity index (χ4v) is 2.45. The Kier molecular flexibility index (Phi) is 3.70. The number of pyridine rings is 1. The molecule has 2 aromatic rings. The molecule has 5 nitrogen and oxygen atoms in total. The summed E-state index contributed by atoms with van der Waals surface area (Å²) in [5.74, 6) is -0.540. The van der Waals surface area contributed by atoms with Crippen molar-refractivity contribution < 1.29 is 19.0 Å². The van der Waals surface area contributed by atoms with Gasteiger partial charge in [-0.15, -0.1) is 0 Å². The zero-order valence-corrected chi connectivity index (χ0v) is 11.3. The summed E-state index contributed by atoms with van der Waals surface area (Å²) in [5.41, 5.74) is -0.00629.